The fraction of sp³-hybridized carbons (Fsp3) is 0.571. The van der Waals surface area contributed by atoms with Crippen LogP contribution < -0.4 is 0 Å². The number of aryl methyl sites for hydroxylation is 2. The van der Waals surface area contributed by atoms with Crippen LogP contribution in [0.4, 0.5) is 4.79 Å². The molecule has 0 aromatic carbocycles. The van der Waals surface area contributed by atoms with Gasteiger partial charge in [-0.15, -0.1) is 0 Å². The van der Waals surface area contributed by atoms with Crippen molar-refractivity contribution in [2.45, 2.75) is 84.8 Å². The first-order valence-corrected chi connectivity index (χ1v) is 12.3. The standard InChI is InChI=1S/C28H42N2O3/c1-7-9-10-13-16-26-22(3)29-24(20-23(26)8-2)15-12-11-14-19-32-25-17-18-30(21-25)27(31)33-28(4,5)6/h8-10,13,16,20,25H,2,7,11-12,14-15,17-19,21H2,1,3-6H3/b10-9+,16-13-. The number of hydrogen-bond donors (Lipinski definition) is 0. The lowest BCUT2D eigenvalue weighted by atomic mass is 10.0. The van der Waals surface area contributed by atoms with Gasteiger partial charge >= 0.3 is 6.09 Å². The van der Waals surface area contributed by atoms with Gasteiger partial charge in [-0.25, -0.2) is 4.79 Å². The van der Waals surface area contributed by atoms with Crippen LogP contribution in [-0.2, 0) is 15.9 Å². The summed E-state index contributed by atoms with van der Waals surface area (Å²) in [7, 11) is 0. The Hall–Kier alpha value is -2.40. The molecule has 2 rings (SSSR count). The number of likely N-dealkylation sites (tertiary alicyclic amines) is 1. The highest BCUT2D eigenvalue weighted by Crippen LogP contribution is 2.20. The molecule has 1 aliphatic rings. The van der Waals surface area contributed by atoms with E-state index in [0.717, 1.165) is 67.6 Å². The van der Waals surface area contributed by atoms with Crippen molar-refractivity contribution in [2.75, 3.05) is 19.7 Å². The van der Waals surface area contributed by atoms with Crippen LogP contribution >= 0.6 is 0 Å². The average molecular weight is 455 g/mol. The predicted molar refractivity (Wildman–Crippen MR) is 137 cm³/mol. The number of allylic oxidation sites excluding steroid dienone is 3. The molecule has 5 nitrogen and oxygen atoms in total. The fourth-order valence-corrected chi connectivity index (χ4v) is 3.85. The highest BCUT2D eigenvalue weighted by atomic mass is 16.6. The second-order valence-corrected chi connectivity index (χ2v) is 9.62. The topological polar surface area (TPSA) is 51.7 Å². The summed E-state index contributed by atoms with van der Waals surface area (Å²) in [5.74, 6) is 0. The molecule has 33 heavy (non-hydrogen) atoms. The van der Waals surface area contributed by atoms with E-state index < -0.39 is 5.60 Å². The molecule has 0 bridgehead atoms. The zero-order valence-electron chi connectivity index (χ0n) is 21.2. The van der Waals surface area contributed by atoms with Crippen LogP contribution in [0.2, 0.25) is 0 Å². The lowest BCUT2D eigenvalue weighted by Gasteiger charge is -2.24. The molecule has 0 radical (unpaired) electrons. The van der Waals surface area contributed by atoms with E-state index in [2.05, 4.69) is 50.8 Å². The second-order valence-electron chi connectivity index (χ2n) is 9.62. The molecule has 1 aromatic rings. The minimum atomic E-state index is -0.459. The molecule has 1 fully saturated rings. The molecular weight excluding hydrogens is 412 g/mol. The summed E-state index contributed by atoms with van der Waals surface area (Å²) in [6, 6.07) is 2.16. The lowest BCUT2D eigenvalue weighted by Crippen LogP contribution is -2.36. The summed E-state index contributed by atoms with van der Waals surface area (Å²) in [4.78, 5) is 18.7. The lowest BCUT2D eigenvalue weighted by molar-refractivity contribution is 0.0206. The Balaban J connectivity index is 1.70. The van der Waals surface area contributed by atoms with Crippen LogP contribution in [0.25, 0.3) is 12.2 Å². The molecule has 0 spiro atoms. The summed E-state index contributed by atoms with van der Waals surface area (Å²) in [5.41, 5.74) is 3.98. The molecule has 1 aromatic heterocycles. The molecule has 0 aliphatic carbocycles. The third-order valence-electron chi connectivity index (χ3n) is 5.53. The first-order chi connectivity index (χ1) is 15.7. The molecule has 1 amide bonds. The van der Waals surface area contributed by atoms with E-state index in [-0.39, 0.29) is 12.2 Å². The quantitative estimate of drug-likeness (QED) is 0.274. The minimum absolute atomic E-state index is 0.116. The summed E-state index contributed by atoms with van der Waals surface area (Å²) in [5, 5.41) is 0. The smallest absolute Gasteiger partial charge is 0.410 e. The average Bonchev–Trinajstić information content (AvgIpc) is 3.22. The zero-order chi connectivity index (χ0) is 24.3. The number of pyridine rings is 1. The molecule has 1 atom stereocenters. The Labute approximate surface area is 200 Å². The van der Waals surface area contributed by atoms with Gasteiger partial charge in [0.2, 0.25) is 0 Å². The molecule has 0 N–H and O–H groups in total. The number of rotatable bonds is 11. The number of unbranched alkanes of at least 4 members (excludes halogenated alkanes) is 2. The zero-order valence-corrected chi connectivity index (χ0v) is 21.2. The Morgan fingerprint density at radius 2 is 2.06 bits per heavy atom. The summed E-state index contributed by atoms with van der Waals surface area (Å²) >= 11 is 0. The van der Waals surface area contributed by atoms with E-state index in [1.165, 1.54) is 0 Å². The molecule has 1 aliphatic heterocycles. The second kappa shape index (κ2) is 13.3. The third-order valence-corrected chi connectivity index (χ3v) is 5.53. The number of carbonyl (C=O) groups excluding carboxylic acids is 1. The van der Waals surface area contributed by atoms with Gasteiger partial charge in [0.25, 0.3) is 0 Å². The van der Waals surface area contributed by atoms with Crippen LogP contribution in [0.1, 0.15) is 82.3 Å². The van der Waals surface area contributed by atoms with Crippen LogP contribution in [0.3, 0.4) is 0 Å². The molecule has 5 heteroatoms. The summed E-state index contributed by atoms with van der Waals surface area (Å²) in [6.07, 6.45) is 16.2. The normalized spacial score (nSPS) is 16.8. The van der Waals surface area contributed by atoms with Gasteiger partial charge in [-0.3, -0.25) is 4.98 Å². The Kier molecular flexibility index (Phi) is 10.9. The first kappa shape index (κ1) is 26.8. The van der Waals surface area contributed by atoms with Crippen molar-refractivity contribution in [2.24, 2.45) is 0 Å². The number of ether oxygens (including phenoxy) is 2. The van der Waals surface area contributed by atoms with E-state index in [9.17, 15) is 4.79 Å². The largest absolute Gasteiger partial charge is 0.444 e. The van der Waals surface area contributed by atoms with Gasteiger partial charge in [-0.05, 0) is 71.4 Å². The molecule has 0 saturated carbocycles. The Morgan fingerprint density at radius 3 is 2.76 bits per heavy atom. The predicted octanol–water partition coefficient (Wildman–Crippen LogP) is 6.75. The SMILES string of the molecule is C=Cc1cc(CCCCCOC2CCN(C(=O)OC(C)(C)C)C2)nc(C)c1/C=C\C=C\CC. The number of hydrogen-bond acceptors (Lipinski definition) is 4. The van der Waals surface area contributed by atoms with Crippen molar-refractivity contribution in [3.63, 3.8) is 0 Å². The van der Waals surface area contributed by atoms with Gasteiger partial charge in [0, 0.05) is 30.1 Å². The van der Waals surface area contributed by atoms with Gasteiger partial charge in [0.05, 0.1) is 12.6 Å². The fourth-order valence-electron chi connectivity index (χ4n) is 3.85. The van der Waals surface area contributed by atoms with Crippen molar-refractivity contribution in [3.05, 3.63) is 53.4 Å². The van der Waals surface area contributed by atoms with Crippen molar-refractivity contribution < 1.29 is 14.3 Å². The monoisotopic (exact) mass is 454 g/mol. The van der Waals surface area contributed by atoms with Gasteiger partial charge < -0.3 is 14.4 Å². The molecule has 1 saturated heterocycles. The number of aromatic nitrogens is 1. The Bertz CT molecular complexity index is 836. The maximum absolute atomic E-state index is 12.2. The minimum Gasteiger partial charge on any atom is -0.444 e. The third kappa shape index (κ3) is 9.55. The van der Waals surface area contributed by atoms with Crippen molar-refractivity contribution in [3.8, 4) is 0 Å². The van der Waals surface area contributed by atoms with E-state index in [0.29, 0.717) is 13.1 Å². The first-order valence-electron chi connectivity index (χ1n) is 12.3. The van der Waals surface area contributed by atoms with E-state index in [4.69, 9.17) is 14.5 Å². The highest BCUT2D eigenvalue weighted by Gasteiger charge is 2.30. The number of amides is 1. The summed E-state index contributed by atoms with van der Waals surface area (Å²) in [6.45, 7) is 15.9. The maximum Gasteiger partial charge on any atom is 0.410 e. The van der Waals surface area contributed by atoms with Crippen LogP contribution in [0.15, 0.2) is 30.9 Å². The number of nitrogens with zero attached hydrogens (tertiary/aromatic N) is 2. The van der Waals surface area contributed by atoms with E-state index in [1.54, 1.807) is 4.90 Å². The number of carbonyl (C=O) groups is 1. The van der Waals surface area contributed by atoms with Gasteiger partial charge in [0.15, 0.2) is 0 Å². The molecule has 2 heterocycles. The van der Waals surface area contributed by atoms with Crippen molar-refractivity contribution in [1.29, 1.82) is 0 Å². The van der Waals surface area contributed by atoms with Crippen molar-refractivity contribution in [1.82, 2.24) is 9.88 Å². The van der Waals surface area contributed by atoms with Crippen LogP contribution in [-0.4, -0.2) is 47.4 Å². The maximum atomic E-state index is 12.2. The van der Waals surface area contributed by atoms with Crippen LogP contribution in [0.5, 0.6) is 0 Å². The molecular formula is C28H42N2O3. The highest BCUT2D eigenvalue weighted by molar-refractivity contribution is 5.68. The van der Waals surface area contributed by atoms with Gasteiger partial charge in [-0.2, -0.15) is 0 Å². The molecule has 1 unspecified atom stereocenters. The van der Waals surface area contributed by atoms with Gasteiger partial charge in [0.1, 0.15) is 5.60 Å². The van der Waals surface area contributed by atoms with Crippen LogP contribution in [0, 0.1) is 6.92 Å². The Morgan fingerprint density at radius 1 is 1.27 bits per heavy atom. The van der Waals surface area contributed by atoms with Gasteiger partial charge in [-0.1, -0.05) is 50.3 Å². The summed E-state index contributed by atoms with van der Waals surface area (Å²) < 4.78 is 11.4. The molecule has 182 valence electrons. The van der Waals surface area contributed by atoms with E-state index in [1.807, 2.05) is 26.8 Å². The van der Waals surface area contributed by atoms with Crippen molar-refractivity contribution >= 4 is 18.2 Å². The van der Waals surface area contributed by atoms with E-state index >= 15 is 0 Å².